The van der Waals surface area contributed by atoms with Crippen molar-refractivity contribution in [2.45, 2.75) is 33.2 Å². The molecule has 0 bridgehead atoms. The van der Waals surface area contributed by atoms with Crippen molar-refractivity contribution >= 4 is 21.4 Å². The Hall–Kier alpha value is -0.860. The third kappa shape index (κ3) is 2.76. The van der Waals surface area contributed by atoms with Gasteiger partial charge >= 0.3 is 0 Å². The fourth-order valence-corrected chi connectivity index (χ4v) is 3.86. The van der Waals surface area contributed by atoms with Crippen LogP contribution in [-0.2, 0) is 0 Å². The second-order valence-electron chi connectivity index (χ2n) is 5.56. The molecule has 2 aromatic rings. The number of rotatable bonds is 5. The normalized spacial score (nSPS) is 15.2. The summed E-state index contributed by atoms with van der Waals surface area (Å²) in [5, 5.41) is 7.24. The van der Waals surface area contributed by atoms with Crippen molar-refractivity contribution in [1.29, 1.82) is 0 Å². The van der Waals surface area contributed by atoms with E-state index in [9.17, 15) is 0 Å². The predicted octanol–water partition coefficient (Wildman–Crippen LogP) is 4.84. The summed E-state index contributed by atoms with van der Waals surface area (Å²) in [4.78, 5) is 0. The zero-order chi connectivity index (χ0) is 13.1. The minimum Gasteiger partial charge on any atom is -0.313 e. The summed E-state index contributed by atoms with van der Waals surface area (Å²) in [6.45, 7) is 6.96. The minimum absolute atomic E-state index is 0.462. The molecule has 0 aliphatic rings. The van der Waals surface area contributed by atoms with Gasteiger partial charge in [0.15, 0.2) is 0 Å². The third-order valence-electron chi connectivity index (χ3n) is 3.57. The Bertz CT molecular complexity index is 501. The molecule has 2 unspecified atom stereocenters. The Morgan fingerprint density at radius 2 is 1.89 bits per heavy atom. The van der Waals surface area contributed by atoms with Crippen LogP contribution in [0.1, 0.15) is 38.8 Å². The Balaban J connectivity index is 2.32. The highest BCUT2D eigenvalue weighted by Gasteiger charge is 2.21. The molecule has 1 nitrogen and oxygen atoms in total. The summed E-state index contributed by atoms with van der Waals surface area (Å²) >= 11 is 1.85. The Labute approximate surface area is 114 Å². The third-order valence-corrected chi connectivity index (χ3v) is 4.55. The van der Waals surface area contributed by atoms with Crippen LogP contribution >= 0.6 is 11.3 Å². The summed E-state index contributed by atoms with van der Waals surface area (Å²) in [7, 11) is 2.08. The van der Waals surface area contributed by atoms with Crippen LogP contribution < -0.4 is 5.32 Å². The first-order valence-corrected chi connectivity index (χ1v) is 7.64. The van der Waals surface area contributed by atoms with E-state index < -0.39 is 0 Å². The van der Waals surface area contributed by atoms with E-state index in [0.717, 1.165) is 5.92 Å². The molecular formula is C16H23NS. The summed E-state index contributed by atoms with van der Waals surface area (Å²) < 4.78 is 1.39. The molecule has 2 atom stereocenters. The van der Waals surface area contributed by atoms with Gasteiger partial charge in [-0.15, -0.1) is 11.3 Å². The van der Waals surface area contributed by atoms with Crippen molar-refractivity contribution in [3.05, 3.63) is 35.2 Å². The maximum atomic E-state index is 3.51. The molecule has 1 heterocycles. The molecule has 18 heavy (non-hydrogen) atoms. The number of hydrogen-bond donors (Lipinski definition) is 1. The molecule has 1 aromatic carbocycles. The maximum absolute atomic E-state index is 3.51. The first kappa shape index (κ1) is 13.6. The first-order chi connectivity index (χ1) is 8.63. The highest BCUT2D eigenvalue weighted by molar-refractivity contribution is 7.17. The van der Waals surface area contributed by atoms with Crippen LogP contribution in [0.25, 0.3) is 10.1 Å². The number of nitrogens with one attached hydrogen (secondary N) is 1. The van der Waals surface area contributed by atoms with Crippen LogP contribution in [0.4, 0.5) is 0 Å². The SMILES string of the molecule is CNC(c1csc2ccccc12)C(C)CC(C)C. The van der Waals surface area contributed by atoms with Gasteiger partial charge < -0.3 is 5.32 Å². The summed E-state index contributed by atoms with van der Waals surface area (Å²) in [5.74, 6) is 1.41. The monoisotopic (exact) mass is 261 g/mol. The number of thiophene rings is 1. The molecule has 2 heteroatoms. The Kier molecular flexibility index (Phi) is 4.41. The summed E-state index contributed by atoms with van der Waals surface area (Å²) in [6.07, 6.45) is 1.26. The summed E-state index contributed by atoms with van der Waals surface area (Å²) in [6, 6.07) is 9.17. The average molecular weight is 261 g/mol. The van der Waals surface area contributed by atoms with Crippen molar-refractivity contribution < 1.29 is 0 Å². The van der Waals surface area contributed by atoms with Gasteiger partial charge in [0.25, 0.3) is 0 Å². The van der Waals surface area contributed by atoms with Crippen molar-refractivity contribution in [3.8, 4) is 0 Å². The van der Waals surface area contributed by atoms with Crippen molar-refractivity contribution in [3.63, 3.8) is 0 Å². The lowest BCUT2D eigenvalue weighted by atomic mass is 9.88. The Morgan fingerprint density at radius 3 is 2.56 bits per heavy atom. The minimum atomic E-state index is 0.462. The fraction of sp³-hybridized carbons (Fsp3) is 0.500. The van der Waals surface area contributed by atoms with E-state index in [-0.39, 0.29) is 0 Å². The Morgan fingerprint density at radius 1 is 1.17 bits per heavy atom. The second-order valence-corrected chi connectivity index (χ2v) is 6.47. The zero-order valence-corrected chi connectivity index (χ0v) is 12.6. The van der Waals surface area contributed by atoms with E-state index in [1.54, 1.807) is 0 Å². The quantitative estimate of drug-likeness (QED) is 0.811. The molecule has 2 rings (SSSR count). The van der Waals surface area contributed by atoms with E-state index in [1.165, 1.54) is 22.1 Å². The smallest absolute Gasteiger partial charge is 0.0358 e. The first-order valence-electron chi connectivity index (χ1n) is 6.77. The lowest BCUT2D eigenvalue weighted by Gasteiger charge is -2.25. The van der Waals surface area contributed by atoms with E-state index in [4.69, 9.17) is 0 Å². The topological polar surface area (TPSA) is 12.0 Å². The largest absolute Gasteiger partial charge is 0.313 e. The van der Waals surface area contributed by atoms with Gasteiger partial charge in [-0.2, -0.15) is 0 Å². The van der Waals surface area contributed by atoms with Gasteiger partial charge in [0.05, 0.1) is 0 Å². The van der Waals surface area contributed by atoms with Gasteiger partial charge in [-0.05, 0) is 47.7 Å². The molecule has 0 spiro atoms. The maximum Gasteiger partial charge on any atom is 0.0358 e. The van der Waals surface area contributed by atoms with Crippen LogP contribution in [0.5, 0.6) is 0 Å². The van der Waals surface area contributed by atoms with Gasteiger partial charge in [-0.25, -0.2) is 0 Å². The van der Waals surface area contributed by atoms with Gasteiger partial charge in [0, 0.05) is 10.7 Å². The molecule has 1 N–H and O–H groups in total. The van der Waals surface area contributed by atoms with Crippen LogP contribution in [0.15, 0.2) is 29.6 Å². The molecule has 0 saturated carbocycles. The highest BCUT2D eigenvalue weighted by Crippen LogP contribution is 2.35. The predicted molar refractivity (Wildman–Crippen MR) is 82.2 cm³/mol. The molecular weight excluding hydrogens is 238 g/mol. The highest BCUT2D eigenvalue weighted by atomic mass is 32.1. The molecule has 0 aliphatic heterocycles. The van der Waals surface area contributed by atoms with Gasteiger partial charge in [0.1, 0.15) is 0 Å². The van der Waals surface area contributed by atoms with E-state index in [1.807, 2.05) is 11.3 Å². The fourth-order valence-electron chi connectivity index (χ4n) is 2.87. The molecule has 0 saturated heterocycles. The molecule has 0 amide bonds. The number of benzene rings is 1. The summed E-state index contributed by atoms with van der Waals surface area (Å²) in [5.41, 5.74) is 1.46. The van der Waals surface area contributed by atoms with Crippen LogP contribution in [0.2, 0.25) is 0 Å². The van der Waals surface area contributed by atoms with E-state index >= 15 is 0 Å². The van der Waals surface area contributed by atoms with Crippen molar-refractivity contribution in [2.75, 3.05) is 7.05 Å². The van der Waals surface area contributed by atoms with Crippen LogP contribution in [-0.4, -0.2) is 7.05 Å². The van der Waals surface area contributed by atoms with Crippen molar-refractivity contribution in [2.24, 2.45) is 11.8 Å². The second kappa shape index (κ2) is 5.85. The van der Waals surface area contributed by atoms with Crippen LogP contribution in [0, 0.1) is 11.8 Å². The van der Waals surface area contributed by atoms with Gasteiger partial charge in [-0.1, -0.05) is 39.0 Å². The van der Waals surface area contributed by atoms with E-state index in [0.29, 0.717) is 12.0 Å². The molecule has 98 valence electrons. The molecule has 0 aliphatic carbocycles. The zero-order valence-electron chi connectivity index (χ0n) is 11.7. The number of fused-ring (bicyclic) bond motifs is 1. The van der Waals surface area contributed by atoms with Gasteiger partial charge in [0.2, 0.25) is 0 Å². The van der Waals surface area contributed by atoms with E-state index in [2.05, 4.69) is 62.8 Å². The molecule has 1 aromatic heterocycles. The standard InChI is InChI=1S/C16H23NS/c1-11(2)9-12(3)16(17-4)14-10-18-15-8-6-5-7-13(14)15/h5-8,10-12,16-17H,9H2,1-4H3. The van der Waals surface area contributed by atoms with Crippen LogP contribution in [0.3, 0.4) is 0 Å². The van der Waals surface area contributed by atoms with Gasteiger partial charge in [-0.3, -0.25) is 0 Å². The lowest BCUT2D eigenvalue weighted by Crippen LogP contribution is -2.24. The molecule has 0 radical (unpaired) electrons. The number of hydrogen-bond acceptors (Lipinski definition) is 2. The lowest BCUT2D eigenvalue weighted by molar-refractivity contribution is 0.345. The average Bonchev–Trinajstić information content (AvgIpc) is 2.73. The molecule has 0 fully saturated rings. The van der Waals surface area contributed by atoms with Crippen molar-refractivity contribution in [1.82, 2.24) is 5.32 Å².